The molecule has 0 saturated heterocycles. The van der Waals surface area contributed by atoms with E-state index in [1.807, 2.05) is 42.5 Å². The molecule has 1 atom stereocenters. The second kappa shape index (κ2) is 12.0. The lowest BCUT2D eigenvalue weighted by molar-refractivity contribution is 0.00176. The Morgan fingerprint density at radius 1 is 0.757 bits per heavy atom. The molecule has 0 fully saturated rings. The molecule has 0 amide bonds. The van der Waals surface area contributed by atoms with Crippen LogP contribution in [0.2, 0.25) is 18.1 Å². The molecule has 5 heteroatoms. The number of hydrogen-bond acceptors (Lipinski definition) is 4. The van der Waals surface area contributed by atoms with Crippen LogP contribution in [0, 0.1) is 12.3 Å². The normalized spacial score (nSPS) is 13.0. The number of benzene rings is 3. The Morgan fingerprint density at radius 2 is 1.22 bits per heavy atom. The van der Waals surface area contributed by atoms with Gasteiger partial charge in [-0.2, -0.15) is 0 Å². The van der Waals surface area contributed by atoms with Crippen LogP contribution in [0.4, 0.5) is 0 Å². The molecule has 0 saturated carbocycles. The van der Waals surface area contributed by atoms with E-state index in [-0.39, 0.29) is 11.1 Å². The third kappa shape index (κ3) is 6.45. The van der Waals surface area contributed by atoms with Crippen LogP contribution < -0.4 is 9.47 Å². The molecule has 0 aliphatic rings. The fraction of sp³-hybridized carbons (Fsp3) is 0.375. The van der Waals surface area contributed by atoms with E-state index in [0.29, 0.717) is 13.0 Å². The molecule has 0 aromatic heterocycles. The smallest absolute Gasteiger partial charge is 0.193 e. The highest BCUT2D eigenvalue weighted by atomic mass is 28.4. The fourth-order valence-corrected chi connectivity index (χ4v) is 5.35. The standard InChI is InChI=1S/C32H40O4Si/c1-9-28(36-37(7,8)31(2,3)4)23-24-35-32(25-13-11-10-12-14-25,26-15-19-29(33-5)20-16-26)27-17-21-30(34-6)22-18-27/h1,10-22,28H,23-24H2,2-8H3/t28-/m1/s1. The monoisotopic (exact) mass is 516 g/mol. The van der Waals surface area contributed by atoms with Crippen molar-refractivity contribution >= 4 is 8.32 Å². The molecule has 3 aromatic carbocycles. The molecule has 3 aromatic rings. The minimum absolute atomic E-state index is 0.0724. The zero-order valence-corrected chi connectivity index (χ0v) is 24.2. The number of ether oxygens (including phenoxy) is 3. The minimum atomic E-state index is -2.02. The van der Waals surface area contributed by atoms with Gasteiger partial charge in [-0.05, 0) is 59.1 Å². The van der Waals surface area contributed by atoms with E-state index in [4.69, 9.17) is 25.1 Å². The van der Waals surface area contributed by atoms with Gasteiger partial charge in [0.05, 0.1) is 20.8 Å². The van der Waals surface area contributed by atoms with E-state index < -0.39 is 13.9 Å². The van der Waals surface area contributed by atoms with Crippen LogP contribution in [-0.4, -0.2) is 35.2 Å². The van der Waals surface area contributed by atoms with Gasteiger partial charge in [0, 0.05) is 6.42 Å². The van der Waals surface area contributed by atoms with Gasteiger partial charge in [0.15, 0.2) is 8.32 Å². The highest BCUT2D eigenvalue weighted by Crippen LogP contribution is 2.42. The summed E-state index contributed by atoms with van der Waals surface area (Å²) in [5, 5.41) is 0.0724. The molecule has 0 bridgehead atoms. The number of hydrogen-bond donors (Lipinski definition) is 0. The predicted molar refractivity (Wildman–Crippen MR) is 154 cm³/mol. The van der Waals surface area contributed by atoms with Gasteiger partial charge in [-0.3, -0.25) is 0 Å². The lowest BCUT2D eigenvalue weighted by Gasteiger charge is -2.39. The molecule has 196 valence electrons. The summed E-state index contributed by atoms with van der Waals surface area (Å²) in [4.78, 5) is 0. The SMILES string of the molecule is C#C[C@H](CCOC(c1ccccc1)(c1ccc(OC)cc1)c1ccc(OC)cc1)O[Si](C)(C)C(C)(C)C. The molecule has 0 radical (unpaired) electrons. The lowest BCUT2D eigenvalue weighted by atomic mass is 9.80. The summed E-state index contributed by atoms with van der Waals surface area (Å²) in [6, 6.07) is 26.3. The third-order valence-corrected chi connectivity index (χ3v) is 11.8. The van der Waals surface area contributed by atoms with Gasteiger partial charge < -0.3 is 18.6 Å². The van der Waals surface area contributed by atoms with Gasteiger partial charge in [0.2, 0.25) is 0 Å². The molecule has 3 rings (SSSR count). The fourth-order valence-electron chi connectivity index (χ4n) is 4.10. The van der Waals surface area contributed by atoms with E-state index in [1.54, 1.807) is 14.2 Å². The highest BCUT2D eigenvalue weighted by molar-refractivity contribution is 6.74. The maximum Gasteiger partial charge on any atom is 0.193 e. The van der Waals surface area contributed by atoms with Crippen molar-refractivity contribution in [2.24, 2.45) is 0 Å². The second-order valence-electron chi connectivity index (χ2n) is 10.7. The van der Waals surface area contributed by atoms with Gasteiger partial charge in [0.1, 0.15) is 23.2 Å². The van der Waals surface area contributed by atoms with Crippen LogP contribution >= 0.6 is 0 Å². The van der Waals surface area contributed by atoms with E-state index in [0.717, 1.165) is 28.2 Å². The van der Waals surface area contributed by atoms with Crippen molar-refractivity contribution in [2.45, 2.75) is 57.0 Å². The van der Waals surface area contributed by atoms with Gasteiger partial charge >= 0.3 is 0 Å². The summed E-state index contributed by atoms with van der Waals surface area (Å²) in [7, 11) is 1.31. The Bertz CT molecular complexity index is 1110. The average molecular weight is 517 g/mol. The molecule has 0 spiro atoms. The minimum Gasteiger partial charge on any atom is -0.497 e. The van der Waals surface area contributed by atoms with Gasteiger partial charge in [-0.25, -0.2) is 0 Å². The first-order chi connectivity index (χ1) is 17.6. The number of methoxy groups -OCH3 is 2. The van der Waals surface area contributed by atoms with Crippen LogP contribution in [0.3, 0.4) is 0 Å². The number of terminal acetylenes is 1. The topological polar surface area (TPSA) is 36.9 Å². The zero-order chi connectivity index (χ0) is 27.1. The Morgan fingerprint density at radius 3 is 1.62 bits per heavy atom. The Labute approximate surface area is 224 Å². The highest BCUT2D eigenvalue weighted by Gasteiger charge is 2.40. The van der Waals surface area contributed by atoms with Crippen molar-refractivity contribution < 1.29 is 18.6 Å². The van der Waals surface area contributed by atoms with Crippen LogP contribution in [-0.2, 0) is 14.8 Å². The van der Waals surface area contributed by atoms with Crippen LogP contribution in [0.1, 0.15) is 43.9 Å². The first kappa shape index (κ1) is 28.5. The summed E-state index contributed by atoms with van der Waals surface area (Å²) in [5.41, 5.74) is 2.14. The van der Waals surface area contributed by atoms with Crippen LogP contribution in [0.15, 0.2) is 78.9 Å². The summed E-state index contributed by atoms with van der Waals surface area (Å²) in [6.45, 7) is 11.5. The summed E-state index contributed by atoms with van der Waals surface area (Å²) >= 11 is 0. The molecule has 0 unspecified atom stereocenters. The summed E-state index contributed by atoms with van der Waals surface area (Å²) in [6.07, 6.45) is 6.20. The second-order valence-corrected chi connectivity index (χ2v) is 15.4. The van der Waals surface area contributed by atoms with Crippen molar-refractivity contribution in [3.05, 3.63) is 95.6 Å². The Hall–Kier alpha value is -3.04. The van der Waals surface area contributed by atoms with Crippen molar-refractivity contribution in [2.75, 3.05) is 20.8 Å². The molecule has 0 aliphatic carbocycles. The molecule has 4 nitrogen and oxygen atoms in total. The quantitative estimate of drug-likeness (QED) is 0.151. The largest absolute Gasteiger partial charge is 0.497 e. The first-order valence-corrected chi connectivity index (χ1v) is 15.6. The number of rotatable bonds is 11. The first-order valence-electron chi connectivity index (χ1n) is 12.7. The Balaban J connectivity index is 2.03. The van der Waals surface area contributed by atoms with E-state index in [1.165, 1.54) is 0 Å². The summed E-state index contributed by atoms with van der Waals surface area (Å²) in [5.74, 6) is 4.44. The zero-order valence-electron chi connectivity index (χ0n) is 23.2. The summed E-state index contributed by atoms with van der Waals surface area (Å²) < 4.78 is 24.3. The van der Waals surface area contributed by atoms with Crippen LogP contribution in [0.25, 0.3) is 0 Å². The van der Waals surface area contributed by atoms with E-state index >= 15 is 0 Å². The van der Waals surface area contributed by atoms with Gasteiger partial charge in [-0.15, -0.1) is 6.42 Å². The lowest BCUT2D eigenvalue weighted by Crippen LogP contribution is -2.44. The van der Waals surface area contributed by atoms with Crippen LogP contribution in [0.5, 0.6) is 11.5 Å². The Kier molecular flexibility index (Phi) is 9.25. The maximum atomic E-state index is 6.93. The van der Waals surface area contributed by atoms with Crippen molar-refractivity contribution in [3.8, 4) is 23.8 Å². The molecule has 37 heavy (non-hydrogen) atoms. The van der Waals surface area contributed by atoms with Crippen molar-refractivity contribution in [1.82, 2.24) is 0 Å². The van der Waals surface area contributed by atoms with E-state index in [9.17, 15) is 0 Å². The molecule has 0 heterocycles. The molecule has 0 aliphatic heterocycles. The average Bonchev–Trinajstić information content (AvgIpc) is 2.90. The molecular weight excluding hydrogens is 476 g/mol. The molecular formula is C32H40O4Si. The predicted octanol–water partition coefficient (Wildman–Crippen LogP) is 7.43. The molecule has 0 N–H and O–H groups in total. The van der Waals surface area contributed by atoms with Gasteiger partial charge in [-0.1, -0.05) is 81.3 Å². The van der Waals surface area contributed by atoms with Gasteiger partial charge in [0.25, 0.3) is 0 Å². The van der Waals surface area contributed by atoms with Crippen molar-refractivity contribution in [1.29, 1.82) is 0 Å². The van der Waals surface area contributed by atoms with Crippen molar-refractivity contribution in [3.63, 3.8) is 0 Å². The van der Waals surface area contributed by atoms with E-state index in [2.05, 4.69) is 76.2 Å². The third-order valence-electron chi connectivity index (χ3n) is 7.30. The maximum absolute atomic E-state index is 6.93.